The largest absolute Gasteiger partial charge is 0.493 e. The summed E-state index contributed by atoms with van der Waals surface area (Å²) in [6.07, 6.45) is 0. The van der Waals surface area contributed by atoms with E-state index in [4.69, 9.17) is 20.4 Å². The van der Waals surface area contributed by atoms with E-state index in [9.17, 15) is 0 Å². The third kappa shape index (κ3) is 1.87. The van der Waals surface area contributed by atoms with Gasteiger partial charge in [-0.3, -0.25) is 0 Å². The lowest BCUT2D eigenvalue weighted by Crippen LogP contribution is -2.13. The van der Waals surface area contributed by atoms with Crippen LogP contribution in [-0.2, 0) is 0 Å². The van der Waals surface area contributed by atoms with Crippen LogP contribution in [0.2, 0.25) is 0 Å². The number of ether oxygens (including phenoxy) is 2. The molecule has 0 fully saturated rings. The van der Waals surface area contributed by atoms with Crippen LogP contribution in [0.5, 0.6) is 11.5 Å². The molecule has 0 aliphatic heterocycles. The van der Waals surface area contributed by atoms with Gasteiger partial charge >= 0.3 is 0 Å². The fraction of sp³-hybridized carbons (Fsp3) is 0.222. The van der Waals surface area contributed by atoms with Gasteiger partial charge in [-0.25, -0.2) is 0 Å². The minimum absolute atomic E-state index is 0.0333. The molecule has 0 unspecified atom stereocenters. The van der Waals surface area contributed by atoms with Gasteiger partial charge in [0.2, 0.25) is 0 Å². The van der Waals surface area contributed by atoms with Gasteiger partial charge in [-0.05, 0) is 18.2 Å². The molecule has 76 valence electrons. The quantitative estimate of drug-likeness (QED) is 0.324. The Kier molecular flexibility index (Phi) is 3.17. The van der Waals surface area contributed by atoms with Crippen molar-refractivity contribution in [1.29, 1.82) is 0 Å². The average molecular weight is 196 g/mol. The van der Waals surface area contributed by atoms with E-state index in [-0.39, 0.29) is 5.84 Å². The first-order valence-corrected chi connectivity index (χ1v) is 3.93. The van der Waals surface area contributed by atoms with Crippen molar-refractivity contribution in [2.45, 2.75) is 0 Å². The average Bonchev–Trinajstić information content (AvgIpc) is 2.26. The minimum atomic E-state index is 0.0333. The zero-order valence-electron chi connectivity index (χ0n) is 8.02. The summed E-state index contributed by atoms with van der Waals surface area (Å²) in [5, 5.41) is 11.4. The fourth-order valence-corrected chi connectivity index (χ4v) is 1.05. The molecule has 0 saturated carbocycles. The van der Waals surface area contributed by atoms with Crippen LogP contribution >= 0.6 is 0 Å². The number of oxime groups is 1. The molecule has 0 amide bonds. The molecule has 1 aromatic carbocycles. The molecule has 0 atom stereocenters. The predicted octanol–water partition coefficient (Wildman–Crippen LogP) is 0.798. The van der Waals surface area contributed by atoms with Crippen molar-refractivity contribution in [2.24, 2.45) is 10.9 Å². The van der Waals surface area contributed by atoms with Crippen LogP contribution in [0, 0.1) is 0 Å². The third-order valence-electron chi connectivity index (χ3n) is 1.79. The fourth-order valence-electron chi connectivity index (χ4n) is 1.05. The van der Waals surface area contributed by atoms with Gasteiger partial charge in [0.1, 0.15) is 0 Å². The van der Waals surface area contributed by atoms with Crippen molar-refractivity contribution in [3.63, 3.8) is 0 Å². The van der Waals surface area contributed by atoms with E-state index in [1.54, 1.807) is 25.3 Å². The maximum Gasteiger partial charge on any atom is 0.170 e. The normalized spacial score (nSPS) is 11.1. The van der Waals surface area contributed by atoms with E-state index < -0.39 is 0 Å². The lowest BCUT2D eigenvalue weighted by molar-refractivity contribution is 0.318. The minimum Gasteiger partial charge on any atom is -0.493 e. The van der Waals surface area contributed by atoms with Gasteiger partial charge in [0.25, 0.3) is 0 Å². The molecule has 0 aromatic heterocycles. The summed E-state index contributed by atoms with van der Waals surface area (Å²) in [4.78, 5) is 0. The Labute approximate surface area is 81.7 Å². The number of hydrogen-bond acceptors (Lipinski definition) is 4. The van der Waals surface area contributed by atoms with Crippen molar-refractivity contribution in [2.75, 3.05) is 14.2 Å². The molecule has 0 saturated heterocycles. The van der Waals surface area contributed by atoms with Crippen molar-refractivity contribution in [3.8, 4) is 11.5 Å². The highest BCUT2D eigenvalue weighted by atomic mass is 16.5. The van der Waals surface area contributed by atoms with E-state index in [1.807, 2.05) is 0 Å². The Balaban J connectivity index is 3.14. The monoisotopic (exact) mass is 196 g/mol. The first-order valence-electron chi connectivity index (χ1n) is 3.93. The zero-order valence-corrected chi connectivity index (χ0v) is 8.02. The van der Waals surface area contributed by atoms with Gasteiger partial charge in [-0.2, -0.15) is 0 Å². The Morgan fingerprint density at radius 1 is 1.29 bits per heavy atom. The maximum atomic E-state index is 8.47. The van der Waals surface area contributed by atoms with Crippen molar-refractivity contribution >= 4 is 5.84 Å². The second-order valence-electron chi connectivity index (χ2n) is 2.56. The summed E-state index contributed by atoms with van der Waals surface area (Å²) in [7, 11) is 3.06. The summed E-state index contributed by atoms with van der Waals surface area (Å²) < 4.78 is 10.1. The van der Waals surface area contributed by atoms with Gasteiger partial charge in [0, 0.05) is 5.56 Å². The molecular formula is C9H12N2O3. The first kappa shape index (κ1) is 10.2. The van der Waals surface area contributed by atoms with Crippen LogP contribution in [-0.4, -0.2) is 25.3 Å². The first-order chi connectivity index (χ1) is 6.72. The lowest BCUT2D eigenvalue weighted by atomic mass is 10.2. The number of nitrogens with two attached hydrogens (primary N) is 1. The van der Waals surface area contributed by atoms with Crippen LogP contribution < -0.4 is 15.2 Å². The summed E-state index contributed by atoms with van der Waals surface area (Å²) in [6.45, 7) is 0. The van der Waals surface area contributed by atoms with Crippen molar-refractivity contribution < 1.29 is 14.7 Å². The number of nitrogens with zero attached hydrogens (tertiary/aromatic N) is 1. The molecule has 0 aliphatic carbocycles. The second kappa shape index (κ2) is 4.36. The summed E-state index contributed by atoms with van der Waals surface area (Å²) in [5.74, 6) is 1.17. The van der Waals surface area contributed by atoms with Crippen molar-refractivity contribution in [1.82, 2.24) is 0 Å². The molecule has 0 heterocycles. The number of hydrogen-bond donors (Lipinski definition) is 2. The molecule has 0 spiro atoms. The molecule has 3 N–H and O–H groups in total. The van der Waals surface area contributed by atoms with Gasteiger partial charge in [0.15, 0.2) is 17.3 Å². The maximum absolute atomic E-state index is 8.47. The van der Waals surface area contributed by atoms with Crippen molar-refractivity contribution in [3.05, 3.63) is 23.8 Å². The summed E-state index contributed by atoms with van der Waals surface area (Å²) in [5.41, 5.74) is 5.99. The summed E-state index contributed by atoms with van der Waals surface area (Å²) in [6, 6.07) is 5.00. The van der Waals surface area contributed by atoms with Crippen LogP contribution in [0.15, 0.2) is 23.4 Å². The highest BCUT2D eigenvalue weighted by Crippen LogP contribution is 2.27. The van der Waals surface area contributed by atoms with Crippen LogP contribution in [0.1, 0.15) is 5.56 Å². The highest BCUT2D eigenvalue weighted by molar-refractivity contribution is 5.97. The Morgan fingerprint density at radius 3 is 2.43 bits per heavy atom. The van der Waals surface area contributed by atoms with Gasteiger partial charge in [-0.15, -0.1) is 0 Å². The Bertz CT molecular complexity index is 350. The molecule has 0 bridgehead atoms. The molecule has 1 aromatic rings. The zero-order chi connectivity index (χ0) is 10.6. The van der Waals surface area contributed by atoms with E-state index in [1.165, 1.54) is 7.11 Å². The van der Waals surface area contributed by atoms with Gasteiger partial charge in [-0.1, -0.05) is 5.16 Å². The highest BCUT2D eigenvalue weighted by Gasteiger charge is 2.06. The number of amidine groups is 1. The molecule has 14 heavy (non-hydrogen) atoms. The van der Waals surface area contributed by atoms with Crippen LogP contribution in [0.4, 0.5) is 0 Å². The standard InChI is InChI=1S/C9H12N2O3/c1-13-7-4-3-6(9(10)11-12)5-8(7)14-2/h3-5,12H,1-2H3,(H2,10,11). The van der Waals surface area contributed by atoms with E-state index in [0.29, 0.717) is 17.1 Å². The van der Waals surface area contributed by atoms with Crippen LogP contribution in [0.3, 0.4) is 0 Å². The number of rotatable bonds is 3. The summed E-state index contributed by atoms with van der Waals surface area (Å²) >= 11 is 0. The molecule has 0 radical (unpaired) electrons. The smallest absolute Gasteiger partial charge is 0.170 e. The molecule has 5 nitrogen and oxygen atoms in total. The predicted molar refractivity (Wildman–Crippen MR) is 52.1 cm³/mol. The van der Waals surface area contributed by atoms with E-state index in [0.717, 1.165) is 0 Å². The SMILES string of the molecule is COc1ccc(C(N)=NO)cc1OC. The van der Waals surface area contributed by atoms with E-state index >= 15 is 0 Å². The number of methoxy groups -OCH3 is 2. The van der Waals surface area contributed by atoms with Crippen LogP contribution in [0.25, 0.3) is 0 Å². The molecule has 0 aliphatic rings. The van der Waals surface area contributed by atoms with E-state index in [2.05, 4.69) is 5.16 Å². The molecular weight excluding hydrogens is 184 g/mol. The number of benzene rings is 1. The topological polar surface area (TPSA) is 77.1 Å². The van der Waals surface area contributed by atoms with Gasteiger partial charge in [0.05, 0.1) is 14.2 Å². The second-order valence-corrected chi connectivity index (χ2v) is 2.56. The third-order valence-corrected chi connectivity index (χ3v) is 1.79. The lowest BCUT2D eigenvalue weighted by Gasteiger charge is -2.08. The Morgan fingerprint density at radius 2 is 1.93 bits per heavy atom. The van der Waals surface area contributed by atoms with Gasteiger partial charge < -0.3 is 20.4 Å². The molecule has 1 rings (SSSR count). The Hall–Kier alpha value is -1.91. The molecule has 5 heteroatoms.